The Morgan fingerprint density at radius 1 is 1.39 bits per heavy atom. The molecule has 2 N–H and O–H groups in total. The number of thiophene rings is 1. The molecule has 0 bridgehead atoms. The molecule has 7 nitrogen and oxygen atoms in total. The Morgan fingerprint density at radius 2 is 2.18 bits per heavy atom. The van der Waals surface area contributed by atoms with Crippen LogP contribution in [0.5, 0.6) is 11.5 Å². The molecule has 2 amide bonds. The Labute approximate surface area is 167 Å². The van der Waals surface area contributed by atoms with E-state index in [1.54, 1.807) is 23.3 Å². The van der Waals surface area contributed by atoms with Gasteiger partial charge in [-0.15, -0.1) is 11.3 Å². The predicted octanol–water partition coefficient (Wildman–Crippen LogP) is 1.95. The number of carbonyl (C=O) groups is 2. The zero-order valence-electron chi connectivity index (χ0n) is 16.2. The molecule has 0 saturated heterocycles. The Bertz CT molecular complexity index is 879. The number of ether oxygens (including phenoxy) is 2. The highest BCUT2D eigenvalue weighted by Crippen LogP contribution is 2.40. The van der Waals surface area contributed by atoms with Crippen molar-refractivity contribution in [2.45, 2.75) is 26.4 Å². The van der Waals surface area contributed by atoms with Gasteiger partial charge in [0.05, 0.1) is 20.3 Å². The van der Waals surface area contributed by atoms with Gasteiger partial charge in [-0.05, 0) is 36.8 Å². The van der Waals surface area contributed by atoms with E-state index in [1.165, 1.54) is 11.8 Å². The van der Waals surface area contributed by atoms with E-state index in [2.05, 4.69) is 24.4 Å². The van der Waals surface area contributed by atoms with Crippen LogP contribution in [0.2, 0.25) is 0 Å². The Hall–Kier alpha value is -2.58. The van der Waals surface area contributed by atoms with E-state index >= 15 is 0 Å². The van der Waals surface area contributed by atoms with Crippen molar-refractivity contribution in [3.8, 4) is 21.9 Å². The third kappa shape index (κ3) is 4.28. The second kappa shape index (κ2) is 8.62. The van der Waals surface area contributed by atoms with E-state index in [9.17, 15) is 14.7 Å². The molecule has 150 valence electrons. The lowest BCUT2D eigenvalue weighted by molar-refractivity contribution is -0.137. The predicted molar refractivity (Wildman–Crippen MR) is 107 cm³/mol. The van der Waals surface area contributed by atoms with Crippen LogP contribution >= 0.6 is 11.3 Å². The van der Waals surface area contributed by atoms with Crippen LogP contribution < -0.4 is 14.8 Å². The summed E-state index contributed by atoms with van der Waals surface area (Å²) in [4.78, 5) is 28.0. The molecule has 1 aromatic heterocycles. The van der Waals surface area contributed by atoms with Crippen LogP contribution in [-0.4, -0.2) is 54.7 Å². The third-order valence-corrected chi connectivity index (χ3v) is 5.56. The largest absolute Gasteiger partial charge is 0.493 e. The molecule has 1 atom stereocenters. The first-order valence-electron chi connectivity index (χ1n) is 9.00. The van der Waals surface area contributed by atoms with Crippen LogP contribution in [0, 0.1) is 6.92 Å². The molecule has 28 heavy (non-hydrogen) atoms. The zero-order chi connectivity index (χ0) is 20.3. The maximum Gasteiger partial charge on any atom is 0.247 e. The summed E-state index contributed by atoms with van der Waals surface area (Å²) in [6, 6.07) is 7.09. The number of aryl methyl sites for hydroxylation is 1. The number of rotatable bonds is 5. The molecular weight excluding hydrogens is 380 g/mol. The average molecular weight is 404 g/mol. The summed E-state index contributed by atoms with van der Waals surface area (Å²) in [6.07, 6.45) is 0. The summed E-state index contributed by atoms with van der Waals surface area (Å²) in [6.45, 7) is 3.86. The molecule has 0 fully saturated rings. The Balaban J connectivity index is 1.94. The SMILES string of the molecule is COc1cc(-c2ccc(C)s2)cc2c1OCCN(C(=O)[C@H](CO)NC(C)=O)C2. The number of benzene rings is 1. The molecular formula is C20H24N2O5S. The number of hydrogen-bond donors (Lipinski definition) is 2. The molecule has 0 saturated carbocycles. The van der Waals surface area contributed by atoms with Gasteiger partial charge in [-0.2, -0.15) is 0 Å². The van der Waals surface area contributed by atoms with E-state index in [0.29, 0.717) is 31.2 Å². The standard InChI is InChI=1S/C20H24N2O5S/c1-12-4-5-18(28-12)14-8-15-10-22(20(25)16(11-23)21-13(2)24)6-7-27-19(15)17(9-14)26-3/h4-5,8-9,16,23H,6-7,10-11H2,1-3H3,(H,21,24)/t16-/m0/s1. The summed E-state index contributed by atoms with van der Waals surface area (Å²) >= 11 is 1.68. The van der Waals surface area contributed by atoms with Crippen molar-refractivity contribution in [3.05, 3.63) is 34.7 Å². The smallest absolute Gasteiger partial charge is 0.247 e. The van der Waals surface area contributed by atoms with Crippen LogP contribution in [0.4, 0.5) is 0 Å². The molecule has 8 heteroatoms. The van der Waals surface area contributed by atoms with Crippen molar-refractivity contribution in [2.75, 3.05) is 26.9 Å². The fourth-order valence-corrected chi connectivity index (χ4v) is 4.06. The average Bonchev–Trinajstić information content (AvgIpc) is 2.99. The number of fused-ring (bicyclic) bond motifs is 1. The minimum absolute atomic E-state index is 0.296. The van der Waals surface area contributed by atoms with Gasteiger partial charge >= 0.3 is 0 Å². The fourth-order valence-electron chi connectivity index (χ4n) is 3.21. The van der Waals surface area contributed by atoms with Crippen molar-refractivity contribution < 1.29 is 24.2 Å². The quantitative estimate of drug-likeness (QED) is 0.795. The van der Waals surface area contributed by atoms with Gasteiger partial charge in [-0.3, -0.25) is 9.59 Å². The number of amides is 2. The highest BCUT2D eigenvalue weighted by molar-refractivity contribution is 7.15. The van der Waals surface area contributed by atoms with E-state index in [4.69, 9.17) is 9.47 Å². The molecule has 0 spiro atoms. The molecule has 1 aliphatic rings. The maximum atomic E-state index is 12.8. The fraction of sp³-hybridized carbons (Fsp3) is 0.400. The van der Waals surface area contributed by atoms with Crippen LogP contribution in [-0.2, 0) is 16.1 Å². The van der Waals surface area contributed by atoms with Gasteiger partial charge in [0.1, 0.15) is 12.6 Å². The third-order valence-electron chi connectivity index (χ3n) is 4.52. The number of aliphatic hydroxyl groups is 1. The topological polar surface area (TPSA) is 88.1 Å². The van der Waals surface area contributed by atoms with Gasteiger partial charge in [0.2, 0.25) is 11.8 Å². The maximum absolute atomic E-state index is 12.8. The van der Waals surface area contributed by atoms with E-state index < -0.39 is 12.6 Å². The second-order valence-electron chi connectivity index (χ2n) is 6.62. The molecule has 2 heterocycles. The summed E-state index contributed by atoms with van der Waals surface area (Å²) in [5.74, 6) is 0.532. The van der Waals surface area contributed by atoms with Crippen molar-refractivity contribution >= 4 is 23.2 Å². The van der Waals surface area contributed by atoms with Gasteiger partial charge in [-0.1, -0.05) is 0 Å². The van der Waals surface area contributed by atoms with Gasteiger partial charge in [0.15, 0.2) is 11.5 Å². The number of carbonyl (C=O) groups excluding carboxylic acids is 2. The number of aliphatic hydroxyl groups excluding tert-OH is 1. The second-order valence-corrected chi connectivity index (χ2v) is 7.91. The van der Waals surface area contributed by atoms with Gasteiger partial charge in [0.25, 0.3) is 0 Å². The molecule has 3 rings (SSSR count). The van der Waals surface area contributed by atoms with E-state index in [0.717, 1.165) is 16.0 Å². The lowest BCUT2D eigenvalue weighted by Crippen LogP contribution is -2.50. The Morgan fingerprint density at radius 3 is 2.79 bits per heavy atom. The minimum Gasteiger partial charge on any atom is -0.493 e. The number of methoxy groups -OCH3 is 1. The first-order chi connectivity index (χ1) is 13.4. The first kappa shape index (κ1) is 20.2. The van der Waals surface area contributed by atoms with Crippen molar-refractivity contribution in [1.29, 1.82) is 0 Å². The highest BCUT2D eigenvalue weighted by atomic mass is 32.1. The molecule has 0 unspecified atom stereocenters. The van der Waals surface area contributed by atoms with E-state index in [1.807, 2.05) is 12.1 Å². The molecule has 0 radical (unpaired) electrons. The molecule has 0 aliphatic carbocycles. The summed E-state index contributed by atoms with van der Waals surface area (Å²) in [5, 5.41) is 12.0. The molecule has 2 aromatic rings. The summed E-state index contributed by atoms with van der Waals surface area (Å²) in [7, 11) is 1.59. The van der Waals surface area contributed by atoms with Crippen LogP contribution in [0.1, 0.15) is 17.4 Å². The van der Waals surface area contributed by atoms with Crippen LogP contribution in [0.3, 0.4) is 0 Å². The zero-order valence-corrected chi connectivity index (χ0v) is 17.0. The van der Waals surface area contributed by atoms with Gasteiger partial charge in [0, 0.05) is 28.8 Å². The summed E-state index contributed by atoms with van der Waals surface area (Å²) in [5.41, 5.74) is 1.82. The van der Waals surface area contributed by atoms with Crippen LogP contribution in [0.15, 0.2) is 24.3 Å². The normalized spacial score (nSPS) is 14.5. The highest BCUT2D eigenvalue weighted by Gasteiger charge is 2.28. The number of hydrogen-bond acceptors (Lipinski definition) is 6. The number of nitrogens with zero attached hydrogens (tertiary/aromatic N) is 1. The minimum atomic E-state index is -0.968. The molecule has 1 aliphatic heterocycles. The lowest BCUT2D eigenvalue weighted by Gasteiger charge is -2.25. The van der Waals surface area contributed by atoms with Crippen LogP contribution in [0.25, 0.3) is 10.4 Å². The Kier molecular flexibility index (Phi) is 6.21. The van der Waals surface area contributed by atoms with Crippen molar-refractivity contribution in [1.82, 2.24) is 10.2 Å². The number of nitrogens with one attached hydrogen (secondary N) is 1. The van der Waals surface area contributed by atoms with E-state index in [-0.39, 0.29) is 11.8 Å². The summed E-state index contributed by atoms with van der Waals surface area (Å²) < 4.78 is 11.4. The molecule has 1 aromatic carbocycles. The van der Waals surface area contributed by atoms with Gasteiger partial charge in [-0.25, -0.2) is 0 Å². The lowest BCUT2D eigenvalue weighted by atomic mass is 10.1. The monoisotopic (exact) mass is 404 g/mol. The van der Waals surface area contributed by atoms with Crippen molar-refractivity contribution in [3.63, 3.8) is 0 Å². The first-order valence-corrected chi connectivity index (χ1v) is 9.81. The van der Waals surface area contributed by atoms with Crippen molar-refractivity contribution in [2.24, 2.45) is 0 Å². The van der Waals surface area contributed by atoms with Gasteiger partial charge < -0.3 is 24.8 Å².